The van der Waals surface area contributed by atoms with Crippen molar-refractivity contribution in [1.82, 2.24) is 24.6 Å². The van der Waals surface area contributed by atoms with Crippen molar-refractivity contribution in [3.8, 4) is 11.6 Å². The summed E-state index contributed by atoms with van der Waals surface area (Å²) in [5, 5.41) is 9.46. The molecule has 1 aromatic carbocycles. The van der Waals surface area contributed by atoms with Gasteiger partial charge in [-0.25, -0.2) is 9.37 Å². The first-order valence-corrected chi connectivity index (χ1v) is 11.0. The molecule has 160 valence electrons. The van der Waals surface area contributed by atoms with Crippen LogP contribution in [0.5, 0.6) is 0 Å². The molecule has 0 amide bonds. The predicted molar refractivity (Wildman–Crippen MR) is 116 cm³/mol. The summed E-state index contributed by atoms with van der Waals surface area (Å²) in [4.78, 5) is 6.68. The third-order valence-electron chi connectivity index (χ3n) is 6.27. The number of oxazole rings is 1. The van der Waals surface area contributed by atoms with Crippen molar-refractivity contribution >= 4 is 24.2 Å². The highest BCUT2D eigenvalue weighted by Gasteiger charge is 2.60. The van der Waals surface area contributed by atoms with E-state index in [1.807, 2.05) is 30.7 Å². The number of halogens is 2. The molecule has 1 aliphatic carbocycles. The highest BCUT2D eigenvalue weighted by Crippen LogP contribution is 2.58. The minimum Gasteiger partial charge on any atom is -0.440 e. The van der Waals surface area contributed by atoms with E-state index in [1.165, 1.54) is 18.4 Å². The molecule has 1 saturated carbocycles. The van der Waals surface area contributed by atoms with Crippen LogP contribution in [0.3, 0.4) is 0 Å². The molecule has 2 aromatic heterocycles. The Morgan fingerprint density at radius 1 is 1.27 bits per heavy atom. The van der Waals surface area contributed by atoms with Gasteiger partial charge in [0.15, 0.2) is 17.3 Å². The van der Waals surface area contributed by atoms with Gasteiger partial charge in [-0.1, -0.05) is 23.9 Å². The maximum atomic E-state index is 13.2. The number of hydrogen-bond donors (Lipinski definition) is 0. The minimum absolute atomic E-state index is 0. The third kappa shape index (κ3) is 3.76. The molecule has 30 heavy (non-hydrogen) atoms. The van der Waals surface area contributed by atoms with Gasteiger partial charge in [-0.15, -0.1) is 22.6 Å². The third-order valence-corrected chi connectivity index (χ3v) is 7.38. The van der Waals surface area contributed by atoms with Crippen LogP contribution >= 0.6 is 24.2 Å². The fourth-order valence-electron chi connectivity index (χ4n) is 4.59. The van der Waals surface area contributed by atoms with Gasteiger partial charge >= 0.3 is 0 Å². The summed E-state index contributed by atoms with van der Waals surface area (Å²) >= 11 is 1.72. The average molecular weight is 450 g/mol. The van der Waals surface area contributed by atoms with Gasteiger partial charge in [-0.2, -0.15) is 0 Å². The van der Waals surface area contributed by atoms with Crippen LogP contribution < -0.4 is 0 Å². The lowest BCUT2D eigenvalue weighted by Gasteiger charge is -2.21. The fraction of sp³-hybridized carbons (Fsp3) is 0.476. The molecule has 1 aliphatic heterocycles. The Morgan fingerprint density at radius 2 is 2.07 bits per heavy atom. The number of benzene rings is 1. The molecular formula is C21H25ClFN5OS. The summed E-state index contributed by atoms with van der Waals surface area (Å²) in [6.07, 6.45) is 3.78. The van der Waals surface area contributed by atoms with E-state index in [0.717, 1.165) is 48.6 Å². The second-order valence-electron chi connectivity index (χ2n) is 8.13. The second-order valence-corrected chi connectivity index (χ2v) is 9.20. The van der Waals surface area contributed by atoms with Gasteiger partial charge in [-0.3, -0.25) is 0 Å². The first-order valence-electron chi connectivity index (χ1n) is 9.98. The van der Waals surface area contributed by atoms with E-state index in [-0.39, 0.29) is 23.6 Å². The molecule has 6 nitrogen and oxygen atoms in total. The summed E-state index contributed by atoms with van der Waals surface area (Å²) < 4.78 is 20.6. The number of fused-ring (bicyclic) bond motifs is 1. The predicted octanol–water partition coefficient (Wildman–Crippen LogP) is 4.10. The lowest BCUT2D eigenvalue weighted by molar-refractivity contribution is 0.299. The van der Waals surface area contributed by atoms with Gasteiger partial charge in [0.2, 0.25) is 5.82 Å². The Bertz CT molecular complexity index is 1020. The second kappa shape index (κ2) is 8.32. The van der Waals surface area contributed by atoms with Crippen molar-refractivity contribution in [2.45, 2.75) is 30.3 Å². The minimum atomic E-state index is -0.153. The van der Waals surface area contributed by atoms with Gasteiger partial charge in [-0.05, 0) is 49.9 Å². The monoisotopic (exact) mass is 449 g/mol. The fourth-order valence-corrected chi connectivity index (χ4v) is 5.43. The van der Waals surface area contributed by atoms with Gasteiger partial charge in [0, 0.05) is 31.3 Å². The largest absolute Gasteiger partial charge is 0.440 e. The van der Waals surface area contributed by atoms with Crippen LogP contribution in [0.25, 0.3) is 11.6 Å². The Labute approximate surface area is 185 Å². The Morgan fingerprint density at radius 3 is 2.80 bits per heavy atom. The molecule has 0 radical (unpaired) electrons. The molecule has 0 spiro atoms. The van der Waals surface area contributed by atoms with E-state index in [2.05, 4.69) is 20.1 Å². The molecule has 9 heteroatoms. The quantitative estimate of drug-likeness (QED) is 0.400. The Kier molecular flexibility index (Phi) is 5.92. The number of piperidine rings is 1. The summed E-state index contributed by atoms with van der Waals surface area (Å²) in [6, 6.07) is 7.12. The molecule has 2 aliphatic rings. The van der Waals surface area contributed by atoms with Crippen molar-refractivity contribution in [3.63, 3.8) is 0 Å². The number of aromatic nitrogens is 4. The van der Waals surface area contributed by atoms with Crippen molar-refractivity contribution in [2.75, 3.05) is 25.4 Å². The molecule has 2 atom stereocenters. The summed E-state index contributed by atoms with van der Waals surface area (Å²) in [5.74, 6) is 2.95. The van der Waals surface area contributed by atoms with Gasteiger partial charge in [0.25, 0.3) is 0 Å². The number of nitrogens with zero attached hydrogens (tertiary/aromatic N) is 5. The van der Waals surface area contributed by atoms with Crippen LogP contribution in [0.1, 0.15) is 24.1 Å². The van der Waals surface area contributed by atoms with Crippen LogP contribution in [0.15, 0.2) is 40.2 Å². The lowest BCUT2D eigenvalue weighted by Crippen LogP contribution is -2.27. The van der Waals surface area contributed by atoms with Crippen LogP contribution in [0, 0.1) is 18.7 Å². The standard InChI is InChI=1S/C21H24FN5OS.ClH/c1-14-18(28-13-23-14)19-24-25-20(26(19)2)29-9-3-8-27-11-16-10-21(16,12-27)15-4-6-17(22)7-5-15;/h4-7,13,16H,3,8-12H2,1-2H3;1H/t16-,21+;/m1./s1. The molecule has 1 saturated heterocycles. The van der Waals surface area contributed by atoms with Crippen LogP contribution in [0.2, 0.25) is 0 Å². The number of rotatable bonds is 7. The Hall–Kier alpha value is -1.90. The first kappa shape index (κ1) is 21.3. The maximum Gasteiger partial charge on any atom is 0.202 e. The summed E-state index contributed by atoms with van der Waals surface area (Å²) in [6.45, 7) is 5.23. The molecule has 0 unspecified atom stereocenters. The van der Waals surface area contributed by atoms with Gasteiger partial charge in [0.1, 0.15) is 5.82 Å². The number of hydrogen-bond acceptors (Lipinski definition) is 6. The van der Waals surface area contributed by atoms with E-state index in [4.69, 9.17) is 4.42 Å². The van der Waals surface area contributed by atoms with Crippen LogP contribution in [-0.4, -0.2) is 50.0 Å². The van der Waals surface area contributed by atoms with Gasteiger partial charge in [0.05, 0.1) is 5.69 Å². The topological polar surface area (TPSA) is 60.0 Å². The van der Waals surface area contributed by atoms with E-state index in [0.29, 0.717) is 11.6 Å². The van der Waals surface area contributed by atoms with E-state index < -0.39 is 0 Å². The van der Waals surface area contributed by atoms with Crippen molar-refractivity contribution < 1.29 is 8.81 Å². The number of aryl methyl sites for hydroxylation is 1. The van der Waals surface area contributed by atoms with Crippen LogP contribution in [0.4, 0.5) is 4.39 Å². The van der Waals surface area contributed by atoms with E-state index in [1.54, 1.807) is 23.9 Å². The highest BCUT2D eigenvalue weighted by molar-refractivity contribution is 7.99. The van der Waals surface area contributed by atoms with E-state index in [9.17, 15) is 4.39 Å². The normalized spacial score (nSPS) is 22.7. The molecule has 2 fully saturated rings. The number of likely N-dealkylation sites (tertiary alicyclic amines) is 1. The van der Waals surface area contributed by atoms with Crippen LogP contribution in [-0.2, 0) is 12.5 Å². The zero-order valence-corrected chi connectivity index (χ0v) is 18.7. The van der Waals surface area contributed by atoms with Crippen molar-refractivity contribution in [1.29, 1.82) is 0 Å². The van der Waals surface area contributed by atoms with Gasteiger partial charge < -0.3 is 13.9 Å². The molecule has 0 N–H and O–H groups in total. The van der Waals surface area contributed by atoms with E-state index >= 15 is 0 Å². The zero-order valence-electron chi connectivity index (χ0n) is 17.0. The lowest BCUT2D eigenvalue weighted by atomic mass is 9.95. The maximum absolute atomic E-state index is 13.2. The molecule has 0 bridgehead atoms. The summed E-state index contributed by atoms with van der Waals surface area (Å²) in [7, 11) is 1.96. The summed E-state index contributed by atoms with van der Waals surface area (Å²) in [5.41, 5.74) is 2.39. The molecular weight excluding hydrogens is 425 g/mol. The molecule has 3 heterocycles. The highest BCUT2D eigenvalue weighted by atomic mass is 35.5. The van der Waals surface area contributed by atoms with Crippen molar-refractivity contribution in [2.24, 2.45) is 13.0 Å². The number of thioether (sulfide) groups is 1. The van der Waals surface area contributed by atoms with Crippen molar-refractivity contribution in [3.05, 3.63) is 47.7 Å². The first-order chi connectivity index (χ1) is 14.1. The molecule has 3 aromatic rings. The SMILES string of the molecule is Cc1ncoc1-c1nnc(SCCCN2C[C@H]3C[C@@]3(c3ccc(F)cc3)C2)n1C.Cl. The Balaban J connectivity index is 0.00000218. The zero-order chi connectivity index (χ0) is 20.0. The smallest absolute Gasteiger partial charge is 0.202 e. The average Bonchev–Trinajstić information content (AvgIpc) is 3.02. The molecule has 5 rings (SSSR count).